The van der Waals surface area contributed by atoms with E-state index in [2.05, 4.69) is 47.5 Å². The van der Waals surface area contributed by atoms with Gasteiger partial charge in [0.2, 0.25) is 0 Å². The standard InChI is InChI=1S/C22H29N3O2/c1-3-23-21(25-12-10-22(15-25)11-13-27-16-22)24-14-19-18-7-5-4-6-17(18)8-9-20(19)26-2/h4-9H,3,10-16H2,1-2H3,(H,23,24). The van der Waals surface area contributed by atoms with E-state index in [0.717, 1.165) is 50.1 Å². The van der Waals surface area contributed by atoms with Crippen molar-refractivity contribution in [1.82, 2.24) is 10.2 Å². The average molecular weight is 367 g/mol. The summed E-state index contributed by atoms with van der Waals surface area (Å²) in [6.07, 6.45) is 2.36. The van der Waals surface area contributed by atoms with Crippen LogP contribution in [0, 0.1) is 5.41 Å². The first-order chi connectivity index (χ1) is 13.2. The number of aliphatic imine (C=N–C) groups is 1. The molecule has 0 bridgehead atoms. The zero-order valence-corrected chi connectivity index (χ0v) is 16.3. The van der Waals surface area contributed by atoms with Crippen molar-refractivity contribution in [1.29, 1.82) is 0 Å². The highest BCUT2D eigenvalue weighted by Gasteiger charge is 2.42. The Balaban J connectivity index is 1.60. The van der Waals surface area contributed by atoms with Crippen molar-refractivity contribution < 1.29 is 9.47 Å². The molecule has 2 saturated heterocycles. The molecule has 2 fully saturated rings. The van der Waals surface area contributed by atoms with Crippen LogP contribution in [0.15, 0.2) is 41.4 Å². The van der Waals surface area contributed by atoms with Gasteiger partial charge in [-0.25, -0.2) is 4.99 Å². The number of fused-ring (bicyclic) bond motifs is 1. The third kappa shape index (κ3) is 3.61. The fourth-order valence-electron chi connectivity index (χ4n) is 4.34. The predicted octanol–water partition coefficient (Wildman–Crippen LogP) is 3.43. The van der Waals surface area contributed by atoms with Gasteiger partial charge in [-0.3, -0.25) is 0 Å². The van der Waals surface area contributed by atoms with Crippen molar-refractivity contribution in [3.63, 3.8) is 0 Å². The molecule has 2 heterocycles. The van der Waals surface area contributed by atoms with Gasteiger partial charge in [-0.1, -0.05) is 30.3 Å². The van der Waals surface area contributed by atoms with Crippen LogP contribution in [0.2, 0.25) is 0 Å². The van der Waals surface area contributed by atoms with Crippen LogP contribution in [-0.2, 0) is 11.3 Å². The van der Waals surface area contributed by atoms with Gasteiger partial charge in [0.05, 0.1) is 20.3 Å². The number of rotatable bonds is 4. The van der Waals surface area contributed by atoms with Crippen LogP contribution in [0.5, 0.6) is 5.75 Å². The summed E-state index contributed by atoms with van der Waals surface area (Å²) >= 11 is 0. The zero-order valence-electron chi connectivity index (χ0n) is 16.3. The van der Waals surface area contributed by atoms with Crippen LogP contribution in [0.1, 0.15) is 25.3 Å². The molecule has 2 aromatic rings. The minimum Gasteiger partial charge on any atom is -0.496 e. The number of nitrogens with zero attached hydrogens (tertiary/aromatic N) is 2. The first-order valence-electron chi connectivity index (χ1n) is 9.90. The maximum absolute atomic E-state index is 5.67. The Kier molecular flexibility index (Phi) is 5.21. The van der Waals surface area contributed by atoms with Gasteiger partial charge < -0.3 is 19.7 Å². The normalized spacial score (nSPS) is 22.7. The summed E-state index contributed by atoms with van der Waals surface area (Å²) in [5.74, 6) is 1.90. The van der Waals surface area contributed by atoms with E-state index in [1.807, 2.05) is 6.07 Å². The highest BCUT2D eigenvalue weighted by Crippen LogP contribution is 2.38. The summed E-state index contributed by atoms with van der Waals surface area (Å²) in [7, 11) is 1.73. The lowest BCUT2D eigenvalue weighted by Gasteiger charge is -2.25. The molecule has 1 N–H and O–H groups in total. The van der Waals surface area contributed by atoms with Crippen LogP contribution >= 0.6 is 0 Å². The van der Waals surface area contributed by atoms with E-state index in [1.54, 1.807) is 7.11 Å². The smallest absolute Gasteiger partial charge is 0.194 e. The summed E-state index contributed by atoms with van der Waals surface area (Å²) in [6, 6.07) is 12.6. The Morgan fingerprint density at radius 1 is 1.26 bits per heavy atom. The zero-order chi connectivity index (χ0) is 18.7. The molecule has 5 heteroatoms. The van der Waals surface area contributed by atoms with Gasteiger partial charge in [-0.15, -0.1) is 0 Å². The number of methoxy groups -OCH3 is 1. The first kappa shape index (κ1) is 18.1. The van der Waals surface area contributed by atoms with Crippen LogP contribution < -0.4 is 10.1 Å². The Bertz CT molecular complexity index is 827. The van der Waals surface area contributed by atoms with Crippen molar-refractivity contribution in [2.45, 2.75) is 26.3 Å². The van der Waals surface area contributed by atoms with Crippen LogP contribution in [0.4, 0.5) is 0 Å². The lowest BCUT2D eigenvalue weighted by molar-refractivity contribution is 0.156. The number of nitrogens with one attached hydrogen (secondary N) is 1. The van der Waals surface area contributed by atoms with Crippen molar-refractivity contribution >= 4 is 16.7 Å². The molecule has 4 rings (SSSR count). The molecule has 0 radical (unpaired) electrons. The number of benzene rings is 2. The third-order valence-corrected chi connectivity index (χ3v) is 5.86. The first-order valence-corrected chi connectivity index (χ1v) is 9.90. The summed E-state index contributed by atoms with van der Waals surface area (Å²) in [5, 5.41) is 5.91. The molecule has 2 aromatic carbocycles. The van der Waals surface area contributed by atoms with E-state index in [4.69, 9.17) is 14.5 Å². The molecule has 27 heavy (non-hydrogen) atoms. The Morgan fingerprint density at radius 3 is 2.93 bits per heavy atom. The topological polar surface area (TPSA) is 46.1 Å². The molecule has 144 valence electrons. The number of likely N-dealkylation sites (tertiary alicyclic amines) is 1. The summed E-state index contributed by atoms with van der Waals surface area (Å²) in [4.78, 5) is 7.39. The monoisotopic (exact) mass is 367 g/mol. The predicted molar refractivity (Wildman–Crippen MR) is 109 cm³/mol. The minimum atomic E-state index is 0.327. The molecule has 0 aliphatic carbocycles. The molecule has 1 atom stereocenters. The quantitative estimate of drug-likeness (QED) is 0.664. The van der Waals surface area contributed by atoms with Crippen molar-refractivity contribution in [2.75, 3.05) is 40.0 Å². The lowest BCUT2D eigenvalue weighted by atomic mass is 9.87. The summed E-state index contributed by atoms with van der Waals surface area (Å²) in [6.45, 7) is 7.46. The summed E-state index contributed by atoms with van der Waals surface area (Å²) in [5.41, 5.74) is 1.47. The highest BCUT2D eigenvalue weighted by molar-refractivity contribution is 5.88. The van der Waals surface area contributed by atoms with Gasteiger partial charge in [0.1, 0.15) is 5.75 Å². The highest BCUT2D eigenvalue weighted by atomic mass is 16.5. The van der Waals surface area contributed by atoms with Crippen LogP contribution in [0.3, 0.4) is 0 Å². The Labute approximate surface area is 161 Å². The van der Waals surface area contributed by atoms with Crippen molar-refractivity contribution in [3.8, 4) is 5.75 Å². The number of ether oxygens (including phenoxy) is 2. The number of guanidine groups is 1. The second-order valence-electron chi connectivity index (χ2n) is 7.61. The molecule has 0 aromatic heterocycles. The van der Waals surface area contributed by atoms with E-state index >= 15 is 0 Å². The van der Waals surface area contributed by atoms with Gasteiger partial charge in [-0.05, 0) is 36.6 Å². The van der Waals surface area contributed by atoms with Gasteiger partial charge >= 0.3 is 0 Å². The second kappa shape index (κ2) is 7.77. The second-order valence-corrected chi connectivity index (χ2v) is 7.61. The van der Waals surface area contributed by atoms with Crippen LogP contribution in [-0.4, -0.2) is 50.8 Å². The van der Waals surface area contributed by atoms with Gasteiger partial charge in [-0.2, -0.15) is 0 Å². The summed E-state index contributed by atoms with van der Waals surface area (Å²) < 4.78 is 11.3. The molecular formula is C22H29N3O2. The van der Waals surface area contributed by atoms with Gasteiger partial charge in [0, 0.05) is 37.2 Å². The average Bonchev–Trinajstić information content (AvgIpc) is 3.34. The van der Waals surface area contributed by atoms with E-state index in [0.29, 0.717) is 12.0 Å². The van der Waals surface area contributed by atoms with E-state index in [-0.39, 0.29) is 0 Å². The fourth-order valence-corrected chi connectivity index (χ4v) is 4.34. The van der Waals surface area contributed by atoms with Gasteiger partial charge in [0.25, 0.3) is 0 Å². The van der Waals surface area contributed by atoms with Crippen LogP contribution in [0.25, 0.3) is 10.8 Å². The van der Waals surface area contributed by atoms with Crippen molar-refractivity contribution in [2.24, 2.45) is 10.4 Å². The maximum atomic E-state index is 5.67. The molecule has 0 saturated carbocycles. The van der Waals surface area contributed by atoms with E-state index < -0.39 is 0 Å². The molecule has 1 spiro atoms. The molecule has 2 aliphatic heterocycles. The molecular weight excluding hydrogens is 338 g/mol. The minimum absolute atomic E-state index is 0.327. The molecule has 0 amide bonds. The third-order valence-electron chi connectivity index (χ3n) is 5.86. The lowest BCUT2D eigenvalue weighted by Crippen LogP contribution is -2.41. The SMILES string of the molecule is CCNC(=NCc1c(OC)ccc2ccccc12)N1CCC2(CCOC2)C1. The Morgan fingerprint density at radius 2 is 2.15 bits per heavy atom. The fraction of sp³-hybridized carbons (Fsp3) is 0.500. The molecule has 1 unspecified atom stereocenters. The molecule has 2 aliphatic rings. The van der Waals surface area contributed by atoms with Gasteiger partial charge in [0.15, 0.2) is 5.96 Å². The number of hydrogen-bond donors (Lipinski definition) is 1. The Hall–Kier alpha value is -2.27. The van der Waals surface area contributed by atoms with Crippen molar-refractivity contribution in [3.05, 3.63) is 42.0 Å². The maximum Gasteiger partial charge on any atom is 0.194 e. The van der Waals surface area contributed by atoms with E-state index in [9.17, 15) is 0 Å². The largest absolute Gasteiger partial charge is 0.496 e. The molecule has 5 nitrogen and oxygen atoms in total. The van der Waals surface area contributed by atoms with E-state index in [1.165, 1.54) is 23.6 Å². The number of hydrogen-bond acceptors (Lipinski definition) is 3.